The van der Waals surface area contributed by atoms with Crippen LogP contribution in [0.3, 0.4) is 0 Å². The Labute approximate surface area is 111 Å². The third kappa shape index (κ3) is 2.27. The first-order valence-electron chi connectivity index (χ1n) is 5.83. The minimum Gasteiger partial charge on any atom is -0.336 e. The van der Waals surface area contributed by atoms with Gasteiger partial charge in [0, 0.05) is 26.0 Å². The number of hydrogen-bond acceptors (Lipinski definition) is 4. The monoisotopic (exact) mass is 268 g/mol. The van der Waals surface area contributed by atoms with E-state index in [1.807, 2.05) is 22.5 Å². The molecular weight excluding hydrogens is 252 g/mol. The Kier molecular flexibility index (Phi) is 4.00. The van der Waals surface area contributed by atoms with E-state index >= 15 is 0 Å². The van der Waals surface area contributed by atoms with Crippen LogP contribution in [0.5, 0.6) is 0 Å². The van der Waals surface area contributed by atoms with Crippen molar-refractivity contribution < 1.29 is 0 Å². The van der Waals surface area contributed by atoms with E-state index in [2.05, 4.69) is 22.4 Å². The lowest BCUT2D eigenvalue weighted by Crippen LogP contribution is -2.32. The predicted octanol–water partition coefficient (Wildman–Crippen LogP) is 1.23. The molecule has 1 atom stereocenters. The van der Waals surface area contributed by atoms with Crippen molar-refractivity contribution in [2.75, 3.05) is 0 Å². The topological polar surface area (TPSA) is 73.7 Å². The number of nitrogens with zero attached hydrogens (tertiary/aromatic N) is 4. The predicted molar refractivity (Wildman–Crippen MR) is 69.9 cm³/mol. The van der Waals surface area contributed by atoms with Crippen molar-refractivity contribution in [2.45, 2.75) is 25.9 Å². The van der Waals surface area contributed by atoms with Crippen molar-refractivity contribution in [3.05, 3.63) is 35.1 Å². The molecular formula is C11H17ClN6. The van der Waals surface area contributed by atoms with Gasteiger partial charge in [-0.2, -0.15) is 5.10 Å². The molecule has 98 valence electrons. The molecule has 0 saturated heterocycles. The van der Waals surface area contributed by atoms with Crippen LogP contribution in [0, 0.1) is 0 Å². The second-order valence-electron chi connectivity index (χ2n) is 4.10. The number of hydrazine groups is 1. The maximum absolute atomic E-state index is 6.21. The number of aromatic nitrogens is 4. The summed E-state index contributed by atoms with van der Waals surface area (Å²) in [5.74, 6) is 6.46. The molecule has 0 aromatic carbocycles. The minimum absolute atomic E-state index is 0.272. The van der Waals surface area contributed by atoms with Gasteiger partial charge in [-0.15, -0.1) is 0 Å². The van der Waals surface area contributed by atoms with Crippen molar-refractivity contribution >= 4 is 11.6 Å². The summed E-state index contributed by atoms with van der Waals surface area (Å²) in [6.07, 6.45) is 6.21. The average molecular weight is 269 g/mol. The van der Waals surface area contributed by atoms with Gasteiger partial charge in [0.25, 0.3) is 0 Å². The zero-order valence-corrected chi connectivity index (χ0v) is 11.2. The molecule has 7 heteroatoms. The molecule has 0 bridgehead atoms. The van der Waals surface area contributed by atoms with Crippen molar-refractivity contribution in [1.82, 2.24) is 24.8 Å². The summed E-state index contributed by atoms with van der Waals surface area (Å²) in [5.41, 5.74) is 3.60. The highest BCUT2D eigenvalue weighted by Gasteiger charge is 2.23. The van der Waals surface area contributed by atoms with Gasteiger partial charge in [-0.3, -0.25) is 10.5 Å². The molecule has 0 fully saturated rings. The van der Waals surface area contributed by atoms with Crippen LogP contribution in [0.2, 0.25) is 5.02 Å². The SMILES string of the molecule is CCCn1ncc(Cl)c1C(NN)c1nccn1C. The Balaban J connectivity index is 2.45. The maximum Gasteiger partial charge on any atom is 0.133 e. The van der Waals surface area contributed by atoms with E-state index in [0.717, 1.165) is 24.5 Å². The van der Waals surface area contributed by atoms with Crippen LogP contribution in [0.4, 0.5) is 0 Å². The number of hydrogen-bond donors (Lipinski definition) is 2. The van der Waals surface area contributed by atoms with Gasteiger partial charge in [-0.1, -0.05) is 18.5 Å². The van der Waals surface area contributed by atoms with Crippen LogP contribution in [-0.2, 0) is 13.6 Å². The summed E-state index contributed by atoms with van der Waals surface area (Å²) < 4.78 is 3.77. The number of nitrogens with two attached hydrogens (primary N) is 1. The van der Waals surface area contributed by atoms with E-state index in [1.54, 1.807) is 12.4 Å². The van der Waals surface area contributed by atoms with Crippen LogP contribution in [0.25, 0.3) is 0 Å². The van der Waals surface area contributed by atoms with E-state index in [4.69, 9.17) is 17.4 Å². The smallest absolute Gasteiger partial charge is 0.133 e. The first kappa shape index (κ1) is 13.1. The molecule has 0 amide bonds. The van der Waals surface area contributed by atoms with Gasteiger partial charge >= 0.3 is 0 Å². The summed E-state index contributed by atoms with van der Waals surface area (Å²) in [6, 6.07) is -0.272. The summed E-state index contributed by atoms with van der Waals surface area (Å²) in [5, 5.41) is 4.86. The van der Waals surface area contributed by atoms with Gasteiger partial charge in [0.2, 0.25) is 0 Å². The van der Waals surface area contributed by atoms with Crippen LogP contribution in [-0.4, -0.2) is 19.3 Å². The van der Waals surface area contributed by atoms with Crippen molar-refractivity contribution in [1.29, 1.82) is 0 Å². The quantitative estimate of drug-likeness (QED) is 0.632. The van der Waals surface area contributed by atoms with Gasteiger partial charge in [0.1, 0.15) is 11.9 Å². The molecule has 6 nitrogen and oxygen atoms in total. The fraction of sp³-hybridized carbons (Fsp3) is 0.455. The number of nitrogens with one attached hydrogen (secondary N) is 1. The largest absolute Gasteiger partial charge is 0.336 e. The first-order valence-corrected chi connectivity index (χ1v) is 6.21. The van der Waals surface area contributed by atoms with Gasteiger partial charge in [0.15, 0.2) is 0 Å². The molecule has 0 aliphatic carbocycles. The van der Waals surface area contributed by atoms with E-state index in [9.17, 15) is 0 Å². The fourth-order valence-electron chi connectivity index (χ4n) is 1.98. The number of halogens is 1. The van der Waals surface area contributed by atoms with E-state index < -0.39 is 0 Å². The Bertz CT molecular complexity index is 517. The summed E-state index contributed by atoms with van der Waals surface area (Å²) in [7, 11) is 1.92. The first-order chi connectivity index (χ1) is 8.69. The van der Waals surface area contributed by atoms with Crippen molar-refractivity contribution in [2.24, 2.45) is 12.9 Å². The van der Waals surface area contributed by atoms with E-state index in [0.29, 0.717) is 5.02 Å². The lowest BCUT2D eigenvalue weighted by molar-refractivity contribution is 0.499. The van der Waals surface area contributed by atoms with Crippen LogP contribution < -0.4 is 11.3 Å². The van der Waals surface area contributed by atoms with Crippen molar-refractivity contribution in [3.8, 4) is 0 Å². The zero-order valence-electron chi connectivity index (χ0n) is 10.5. The molecule has 2 rings (SSSR count). The molecule has 3 N–H and O–H groups in total. The summed E-state index contributed by atoms with van der Waals surface area (Å²) in [6.45, 7) is 2.88. The fourth-order valence-corrected chi connectivity index (χ4v) is 2.23. The lowest BCUT2D eigenvalue weighted by atomic mass is 10.2. The average Bonchev–Trinajstić information content (AvgIpc) is 2.91. The summed E-state index contributed by atoms with van der Waals surface area (Å²) >= 11 is 6.21. The third-order valence-electron chi connectivity index (χ3n) is 2.83. The Hall–Kier alpha value is -1.37. The lowest BCUT2D eigenvalue weighted by Gasteiger charge is -2.18. The molecule has 2 aromatic rings. The molecule has 0 spiro atoms. The highest BCUT2D eigenvalue weighted by atomic mass is 35.5. The second-order valence-corrected chi connectivity index (χ2v) is 4.50. The number of aryl methyl sites for hydroxylation is 2. The normalized spacial score (nSPS) is 12.9. The molecule has 2 aromatic heterocycles. The van der Waals surface area contributed by atoms with Crippen LogP contribution in [0.15, 0.2) is 18.6 Å². The molecule has 1 unspecified atom stereocenters. The molecule has 2 heterocycles. The molecule has 0 saturated carbocycles. The Morgan fingerprint density at radius 1 is 1.56 bits per heavy atom. The molecule has 0 radical (unpaired) electrons. The van der Waals surface area contributed by atoms with Gasteiger partial charge in [-0.25, -0.2) is 10.4 Å². The third-order valence-corrected chi connectivity index (χ3v) is 3.12. The minimum atomic E-state index is -0.272. The molecule has 18 heavy (non-hydrogen) atoms. The number of imidazole rings is 1. The van der Waals surface area contributed by atoms with Gasteiger partial charge in [0.05, 0.1) is 16.9 Å². The second kappa shape index (κ2) is 5.51. The zero-order chi connectivity index (χ0) is 13.1. The molecule has 0 aliphatic heterocycles. The standard InChI is InChI=1S/C11H17ClN6/c1-3-5-18-10(8(12)7-15-18)9(16-13)11-14-4-6-17(11)2/h4,6-7,9,16H,3,5,13H2,1-2H3. The highest BCUT2D eigenvalue weighted by Crippen LogP contribution is 2.26. The van der Waals surface area contributed by atoms with Gasteiger partial charge in [-0.05, 0) is 6.42 Å². The van der Waals surface area contributed by atoms with Crippen LogP contribution in [0.1, 0.15) is 30.9 Å². The Morgan fingerprint density at radius 3 is 2.89 bits per heavy atom. The maximum atomic E-state index is 6.21. The Morgan fingerprint density at radius 2 is 2.33 bits per heavy atom. The van der Waals surface area contributed by atoms with Gasteiger partial charge < -0.3 is 4.57 Å². The van der Waals surface area contributed by atoms with E-state index in [-0.39, 0.29) is 6.04 Å². The van der Waals surface area contributed by atoms with E-state index in [1.165, 1.54) is 0 Å². The number of rotatable bonds is 5. The van der Waals surface area contributed by atoms with Crippen LogP contribution >= 0.6 is 11.6 Å². The summed E-state index contributed by atoms with van der Waals surface area (Å²) in [4.78, 5) is 4.31. The molecule has 0 aliphatic rings. The highest BCUT2D eigenvalue weighted by molar-refractivity contribution is 6.31. The van der Waals surface area contributed by atoms with Crippen molar-refractivity contribution in [3.63, 3.8) is 0 Å².